The molecule has 2 rings (SSSR count). The first-order valence-corrected chi connectivity index (χ1v) is 8.63. The summed E-state index contributed by atoms with van der Waals surface area (Å²) in [5.74, 6) is 0.400. The number of hydrazine groups is 1. The van der Waals surface area contributed by atoms with Crippen LogP contribution in [0.3, 0.4) is 0 Å². The summed E-state index contributed by atoms with van der Waals surface area (Å²) in [5, 5.41) is 4.22. The lowest BCUT2D eigenvalue weighted by Gasteiger charge is -2.21. The van der Waals surface area contributed by atoms with E-state index in [9.17, 15) is 9.59 Å². The summed E-state index contributed by atoms with van der Waals surface area (Å²) in [6.45, 7) is 3.90. The van der Waals surface area contributed by atoms with E-state index in [1.807, 2.05) is 19.9 Å². The molecule has 1 heterocycles. The lowest BCUT2D eigenvalue weighted by atomic mass is 9.86. The van der Waals surface area contributed by atoms with Gasteiger partial charge in [-0.05, 0) is 38.7 Å². The van der Waals surface area contributed by atoms with Crippen molar-refractivity contribution < 1.29 is 9.59 Å². The average molecular weight is 320 g/mol. The van der Waals surface area contributed by atoms with Gasteiger partial charge in [0.1, 0.15) is 6.54 Å². The van der Waals surface area contributed by atoms with Crippen molar-refractivity contribution in [3.8, 4) is 0 Å². The third-order valence-corrected chi connectivity index (χ3v) is 4.48. The smallest absolute Gasteiger partial charge is 0.260 e. The first kappa shape index (κ1) is 17.5. The third-order valence-electron chi connectivity index (χ3n) is 4.48. The number of nitrogens with one attached hydrogen (secondary N) is 2. The predicted molar refractivity (Wildman–Crippen MR) is 88.4 cm³/mol. The van der Waals surface area contributed by atoms with Crippen molar-refractivity contribution in [2.75, 3.05) is 0 Å². The maximum Gasteiger partial charge on any atom is 0.260 e. The van der Waals surface area contributed by atoms with Gasteiger partial charge in [-0.2, -0.15) is 5.10 Å². The lowest BCUT2D eigenvalue weighted by molar-refractivity contribution is -0.129. The van der Waals surface area contributed by atoms with Gasteiger partial charge in [-0.3, -0.25) is 25.1 Å². The quantitative estimate of drug-likeness (QED) is 0.790. The minimum absolute atomic E-state index is 0.113. The van der Waals surface area contributed by atoms with E-state index in [4.69, 9.17) is 0 Å². The van der Waals surface area contributed by atoms with Crippen LogP contribution < -0.4 is 10.9 Å². The molecule has 0 spiro atoms. The standard InChI is InChI=1S/C17H28N4O2/c1-13-11-14(2)21(20-13)12-17(23)19-18-16(22)10-6-9-15-7-4-3-5-8-15/h11,15H,3-10,12H2,1-2H3,(H,18,22)(H,19,23). The number of aryl methyl sites for hydroxylation is 2. The second kappa shape index (κ2) is 8.70. The number of nitrogens with zero attached hydrogens (tertiary/aromatic N) is 2. The molecule has 6 nitrogen and oxygen atoms in total. The van der Waals surface area contributed by atoms with Crippen LogP contribution >= 0.6 is 0 Å². The van der Waals surface area contributed by atoms with Crippen LogP contribution in [0.15, 0.2) is 6.07 Å². The van der Waals surface area contributed by atoms with E-state index >= 15 is 0 Å². The summed E-state index contributed by atoms with van der Waals surface area (Å²) in [5.41, 5.74) is 6.75. The molecule has 1 aromatic heterocycles. The Hall–Kier alpha value is -1.85. The fraction of sp³-hybridized carbons (Fsp3) is 0.706. The Bertz CT molecular complexity index is 533. The molecule has 0 atom stereocenters. The molecule has 0 aliphatic heterocycles. The Morgan fingerprint density at radius 1 is 1.17 bits per heavy atom. The fourth-order valence-corrected chi connectivity index (χ4v) is 3.24. The molecular weight excluding hydrogens is 292 g/mol. The molecule has 0 unspecified atom stereocenters. The first-order valence-electron chi connectivity index (χ1n) is 8.63. The van der Waals surface area contributed by atoms with Gasteiger partial charge in [0, 0.05) is 12.1 Å². The van der Waals surface area contributed by atoms with Crippen molar-refractivity contribution in [1.29, 1.82) is 0 Å². The molecule has 1 aliphatic rings. The maximum atomic E-state index is 11.8. The van der Waals surface area contributed by atoms with Gasteiger partial charge < -0.3 is 0 Å². The van der Waals surface area contributed by atoms with Gasteiger partial charge in [0.15, 0.2) is 0 Å². The average Bonchev–Trinajstić information content (AvgIpc) is 2.84. The number of hydrogen-bond acceptors (Lipinski definition) is 3. The molecule has 1 aromatic rings. The van der Waals surface area contributed by atoms with Crippen LogP contribution in [0.2, 0.25) is 0 Å². The van der Waals surface area contributed by atoms with E-state index in [1.54, 1.807) is 4.68 Å². The van der Waals surface area contributed by atoms with Crippen molar-refractivity contribution in [2.24, 2.45) is 5.92 Å². The minimum atomic E-state index is -0.267. The highest BCUT2D eigenvalue weighted by Gasteiger charge is 2.14. The van der Waals surface area contributed by atoms with Crippen LogP contribution in [0.1, 0.15) is 62.8 Å². The Morgan fingerprint density at radius 3 is 2.52 bits per heavy atom. The molecule has 0 saturated heterocycles. The van der Waals surface area contributed by atoms with Gasteiger partial charge in [0.05, 0.1) is 5.69 Å². The van der Waals surface area contributed by atoms with Gasteiger partial charge in [0.2, 0.25) is 5.91 Å². The van der Waals surface area contributed by atoms with E-state index in [1.165, 1.54) is 32.1 Å². The van der Waals surface area contributed by atoms with Crippen molar-refractivity contribution in [2.45, 2.75) is 71.8 Å². The topological polar surface area (TPSA) is 76.0 Å². The summed E-state index contributed by atoms with van der Waals surface area (Å²) >= 11 is 0. The molecule has 6 heteroatoms. The molecule has 1 fully saturated rings. The molecular formula is C17H28N4O2. The van der Waals surface area contributed by atoms with Crippen molar-refractivity contribution >= 4 is 11.8 Å². The number of amides is 2. The van der Waals surface area contributed by atoms with E-state index in [2.05, 4.69) is 16.0 Å². The van der Waals surface area contributed by atoms with Crippen LogP contribution in [-0.2, 0) is 16.1 Å². The van der Waals surface area contributed by atoms with Crippen LogP contribution in [0, 0.1) is 19.8 Å². The second-order valence-corrected chi connectivity index (χ2v) is 6.58. The zero-order valence-corrected chi connectivity index (χ0v) is 14.2. The number of carbonyl (C=O) groups is 2. The molecule has 0 bridgehead atoms. The normalized spacial score (nSPS) is 15.4. The zero-order chi connectivity index (χ0) is 16.7. The first-order chi connectivity index (χ1) is 11.0. The summed E-state index contributed by atoms with van der Waals surface area (Å²) < 4.78 is 1.62. The second-order valence-electron chi connectivity index (χ2n) is 6.58. The largest absolute Gasteiger partial charge is 0.273 e. The summed E-state index contributed by atoms with van der Waals surface area (Å²) in [6.07, 6.45) is 9.12. The summed E-state index contributed by atoms with van der Waals surface area (Å²) in [4.78, 5) is 23.6. The Kier molecular flexibility index (Phi) is 6.62. The Morgan fingerprint density at radius 2 is 1.87 bits per heavy atom. The van der Waals surface area contributed by atoms with Gasteiger partial charge in [0.25, 0.3) is 5.91 Å². The van der Waals surface area contributed by atoms with Crippen molar-refractivity contribution in [3.63, 3.8) is 0 Å². The molecule has 128 valence electrons. The summed E-state index contributed by atoms with van der Waals surface area (Å²) in [6, 6.07) is 1.91. The monoisotopic (exact) mass is 320 g/mol. The molecule has 2 amide bonds. The van der Waals surface area contributed by atoms with Gasteiger partial charge in [-0.1, -0.05) is 32.1 Å². The van der Waals surface area contributed by atoms with Gasteiger partial charge in [-0.25, -0.2) is 0 Å². The minimum Gasteiger partial charge on any atom is -0.273 e. The van der Waals surface area contributed by atoms with Gasteiger partial charge >= 0.3 is 0 Å². The van der Waals surface area contributed by atoms with Crippen molar-refractivity contribution in [1.82, 2.24) is 20.6 Å². The number of rotatable bonds is 6. The van der Waals surface area contributed by atoms with E-state index in [0.717, 1.165) is 30.1 Å². The fourth-order valence-electron chi connectivity index (χ4n) is 3.24. The predicted octanol–water partition coefficient (Wildman–Crippen LogP) is 2.40. The molecule has 0 aromatic carbocycles. The van der Waals surface area contributed by atoms with Crippen LogP contribution in [0.25, 0.3) is 0 Å². The zero-order valence-electron chi connectivity index (χ0n) is 14.2. The van der Waals surface area contributed by atoms with Crippen molar-refractivity contribution in [3.05, 3.63) is 17.5 Å². The molecule has 1 saturated carbocycles. The maximum absolute atomic E-state index is 11.8. The van der Waals surface area contributed by atoms with Crippen LogP contribution in [0.5, 0.6) is 0 Å². The highest BCUT2D eigenvalue weighted by atomic mass is 16.2. The van der Waals surface area contributed by atoms with E-state index < -0.39 is 0 Å². The Balaban J connectivity index is 1.60. The van der Waals surface area contributed by atoms with E-state index in [0.29, 0.717) is 6.42 Å². The van der Waals surface area contributed by atoms with Crippen LogP contribution in [0.4, 0.5) is 0 Å². The molecule has 23 heavy (non-hydrogen) atoms. The molecule has 2 N–H and O–H groups in total. The lowest BCUT2D eigenvalue weighted by Crippen LogP contribution is -2.43. The molecule has 1 aliphatic carbocycles. The number of hydrogen-bond donors (Lipinski definition) is 2. The van der Waals surface area contributed by atoms with Crippen LogP contribution in [-0.4, -0.2) is 21.6 Å². The highest BCUT2D eigenvalue weighted by molar-refractivity contribution is 5.81. The number of carbonyl (C=O) groups excluding carboxylic acids is 2. The summed E-state index contributed by atoms with van der Waals surface area (Å²) in [7, 11) is 0. The highest BCUT2D eigenvalue weighted by Crippen LogP contribution is 2.27. The molecule has 0 radical (unpaired) electrons. The SMILES string of the molecule is Cc1cc(C)n(CC(=O)NNC(=O)CCCC2CCCCC2)n1. The Labute approximate surface area is 138 Å². The van der Waals surface area contributed by atoms with Gasteiger partial charge in [-0.15, -0.1) is 0 Å². The number of aromatic nitrogens is 2. The van der Waals surface area contributed by atoms with E-state index in [-0.39, 0.29) is 18.4 Å². The third kappa shape index (κ3) is 6.04.